The fourth-order valence-electron chi connectivity index (χ4n) is 2.71. The average Bonchev–Trinajstić information content (AvgIpc) is 2.70. The van der Waals surface area contributed by atoms with E-state index in [0.29, 0.717) is 23.7 Å². The lowest BCUT2D eigenvalue weighted by Crippen LogP contribution is -2.13. The summed E-state index contributed by atoms with van der Waals surface area (Å²) in [7, 11) is 0. The number of anilines is 1. The zero-order chi connectivity index (χ0) is 20.8. The van der Waals surface area contributed by atoms with Crippen molar-refractivity contribution in [1.29, 1.82) is 0 Å². The molecule has 29 heavy (non-hydrogen) atoms. The van der Waals surface area contributed by atoms with E-state index in [2.05, 4.69) is 5.32 Å². The van der Waals surface area contributed by atoms with E-state index in [1.165, 1.54) is 11.6 Å². The molecular formula is C23H21F2NO2S. The molecule has 0 spiro atoms. The van der Waals surface area contributed by atoms with Crippen LogP contribution in [0.1, 0.15) is 28.4 Å². The van der Waals surface area contributed by atoms with Gasteiger partial charge >= 0.3 is 0 Å². The van der Waals surface area contributed by atoms with Crippen molar-refractivity contribution in [1.82, 2.24) is 0 Å². The second-order valence-corrected chi connectivity index (χ2v) is 7.48. The zero-order valence-corrected chi connectivity index (χ0v) is 17.0. The SMILES string of the molecule is CCOc1ccc(C(=O)Nc2ccc(F)cc2F)cc1CSc1ccc(C)cc1. The first-order valence-corrected chi connectivity index (χ1v) is 10.2. The average molecular weight is 413 g/mol. The van der Waals surface area contributed by atoms with Crippen LogP contribution in [0, 0.1) is 18.6 Å². The highest BCUT2D eigenvalue weighted by Crippen LogP contribution is 2.29. The third-order valence-corrected chi connectivity index (χ3v) is 5.28. The molecule has 3 rings (SSSR count). The molecule has 0 aromatic heterocycles. The molecule has 0 unspecified atom stereocenters. The topological polar surface area (TPSA) is 38.3 Å². The molecule has 0 fully saturated rings. The Hall–Kier alpha value is -2.86. The maximum atomic E-state index is 13.8. The summed E-state index contributed by atoms with van der Waals surface area (Å²) in [6.45, 7) is 4.44. The molecule has 1 N–H and O–H groups in total. The lowest BCUT2D eigenvalue weighted by molar-refractivity contribution is 0.102. The zero-order valence-electron chi connectivity index (χ0n) is 16.2. The van der Waals surface area contributed by atoms with Crippen molar-refractivity contribution in [3.63, 3.8) is 0 Å². The highest BCUT2D eigenvalue weighted by molar-refractivity contribution is 7.98. The normalized spacial score (nSPS) is 10.6. The second kappa shape index (κ2) is 9.56. The molecule has 3 aromatic carbocycles. The standard InChI is InChI=1S/C23H21F2NO2S/c1-3-28-22-11-6-16(23(27)26-21-10-7-18(24)13-20(21)25)12-17(22)14-29-19-8-4-15(2)5-9-19/h4-13H,3,14H2,1-2H3,(H,26,27). The Morgan fingerprint density at radius 2 is 1.79 bits per heavy atom. The monoisotopic (exact) mass is 413 g/mol. The number of hydrogen-bond acceptors (Lipinski definition) is 3. The molecule has 3 nitrogen and oxygen atoms in total. The van der Waals surface area contributed by atoms with Crippen molar-refractivity contribution in [2.75, 3.05) is 11.9 Å². The molecule has 150 valence electrons. The minimum atomic E-state index is -0.820. The number of ether oxygens (including phenoxy) is 1. The predicted molar refractivity (Wildman–Crippen MR) is 113 cm³/mol. The van der Waals surface area contributed by atoms with Crippen molar-refractivity contribution < 1.29 is 18.3 Å². The number of halogens is 2. The van der Waals surface area contributed by atoms with Gasteiger partial charge < -0.3 is 10.1 Å². The van der Waals surface area contributed by atoms with Crippen LogP contribution in [0.2, 0.25) is 0 Å². The lowest BCUT2D eigenvalue weighted by Gasteiger charge is -2.13. The Balaban J connectivity index is 1.79. The summed E-state index contributed by atoms with van der Waals surface area (Å²) in [5, 5.41) is 2.48. The molecular weight excluding hydrogens is 392 g/mol. The number of thioether (sulfide) groups is 1. The Morgan fingerprint density at radius 1 is 1.03 bits per heavy atom. The fourth-order valence-corrected chi connectivity index (χ4v) is 3.59. The third kappa shape index (κ3) is 5.57. The van der Waals surface area contributed by atoms with Gasteiger partial charge in [-0.2, -0.15) is 0 Å². The first-order valence-electron chi connectivity index (χ1n) is 9.18. The van der Waals surface area contributed by atoms with Crippen LogP contribution in [0.5, 0.6) is 5.75 Å². The maximum absolute atomic E-state index is 13.8. The molecule has 6 heteroatoms. The van der Waals surface area contributed by atoms with Gasteiger partial charge in [0.1, 0.15) is 17.4 Å². The number of aryl methyl sites for hydroxylation is 1. The summed E-state index contributed by atoms with van der Waals surface area (Å²) in [4.78, 5) is 13.7. The van der Waals surface area contributed by atoms with Crippen molar-refractivity contribution in [3.05, 3.63) is 89.0 Å². The first kappa shape index (κ1) is 20.9. The molecule has 0 aliphatic rings. The molecule has 0 radical (unpaired) electrons. The van der Waals surface area contributed by atoms with Gasteiger partial charge in [0.2, 0.25) is 0 Å². The van der Waals surface area contributed by atoms with Gasteiger partial charge in [0.25, 0.3) is 5.91 Å². The summed E-state index contributed by atoms with van der Waals surface area (Å²) in [6, 6.07) is 16.3. The van der Waals surface area contributed by atoms with Gasteiger partial charge in [-0.25, -0.2) is 8.78 Å². The third-order valence-electron chi connectivity index (χ3n) is 4.22. The second-order valence-electron chi connectivity index (χ2n) is 6.44. The number of carbonyl (C=O) groups is 1. The molecule has 0 saturated heterocycles. The number of hydrogen-bond donors (Lipinski definition) is 1. The van der Waals surface area contributed by atoms with Crippen LogP contribution in [0.3, 0.4) is 0 Å². The van der Waals surface area contributed by atoms with Crippen molar-refractivity contribution >= 4 is 23.4 Å². The predicted octanol–water partition coefficient (Wildman–Crippen LogP) is 6.22. The summed E-state index contributed by atoms with van der Waals surface area (Å²) < 4.78 is 32.6. The quantitative estimate of drug-likeness (QED) is 0.468. The smallest absolute Gasteiger partial charge is 0.255 e. The number of benzene rings is 3. The molecule has 0 saturated carbocycles. The van der Waals surface area contributed by atoms with E-state index < -0.39 is 17.5 Å². The summed E-state index contributed by atoms with van der Waals surface area (Å²) in [5.74, 6) is -0.669. The number of amides is 1. The Bertz CT molecular complexity index is 1010. The lowest BCUT2D eigenvalue weighted by atomic mass is 10.1. The Kier molecular flexibility index (Phi) is 6.88. The van der Waals surface area contributed by atoms with Crippen LogP contribution in [-0.2, 0) is 5.75 Å². The molecule has 0 heterocycles. The summed E-state index contributed by atoms with van der Waals surface area (Å²) >= 11 is 1.64. The van der Waals surface area contributed by atoms with Crippen LogP contribution < -0.4 is 10.1 Å². The molecule has 0 bridgehead atoms. The van der Waals surface area contributed by atoms with Gasteiger partial charge in [-0.05, 0) is 56.3 Å². The van der Waals surface area contributed by atoms with Gasteiger partial charge in [-0.15, -0.1) is 11.8 Å². The number of rotatable bonds is 7. The van der Waals surface area contributed by atoms with Gasteiger partial charge in [-0.3, -0.25) is 4.79 Å². The molecule has 0 atom stereocenters. The minimum absolute atomic E-state index is 0.0686. The van der Waals surface area contributed by atoms with Crippen LogP contribution in [-0.4, -0.2) is 12.5 Å². The van der Waals surface area contributed by atoms with Crippen molar-refractivity contribution in [2.45, 2.75) is 24.5 Å². The van der Waals surface area contributed by atoms with E-state index in [1.807, 2.05) is 38.1 Å². The minimum Gasteiger partial charge on any atom is -0.494 e. The van der Waals surface area contributed by atoms with Crippen LogP contribution in [0.25, 0.3) is 0 Å². The number of carbonyl (C=O) groups excluding carboxylic acids is 1. The Morgan fingerprint density at radius 3 is 2.48 bits per heavy atom. The Labute approximate surface area is 173 Å². The van der Waals surface area contributed by atoms with E-state index in [9.17, 15) is 13.6 Å². The molecule has 0 aliphatic heterocycles. The number of nitrogens with one attached hydrogen (secondary N) is 1. The van der Waals surface area contributed by atoms with E-state index >= 15 is 0 Å². The molecule has 1 amide bonds. The van der Waals surface area contributed by atoms with Gasteiger partial charge in [0.05, 0.1) is 12.3 Å². The van der Waals surface area contributed by atoms with Crippen LogP contribution >= 0.6 is 11.8 Å². The van der Waals surface area contributed by atoms with Crippen LogP contribution in [0.4, 0.5) is 14.5 Å². The fraction of sp³-hybridized carbons (Fsp3) is 0.174. The summed E-state index contributed by atoms with van der Waals surface area (Å²) in [6.07, 6.45) is 0. The first-order chi connectivity index (χ1) is 14.0. The van der Waals surface area contributed by atoms with E-state index in [0.717, 1.165) is 22.6 Å². The van der Waals surface area contributed by atoms with Crippen LogP contribution in [0.15, 0.2) is 65.6 Å². The van der Waals surface area contributed by atoms with E-state index in [4.69, 9.17) is 4.74 Å². The molecule has 3 aromatic rings. The van der Waals surface area contributed by atoms with Gasteiger partial charge in [-0.1, -0.05) is 17.7 Å². The van der Waals surface area contributed by atoms with Gasteiger partial charge in [0.15, 0.2) is 0 Å². The highest BCUT2D eigenvalue weighted by Gasteiger charge is 2.13. The van der Waals surface area contributed by atoms with Crippen molar-refractivity contribution in [2.24, 2.45) is 0 Å². The van der Waals surface area contributed by atoms with E-state index in [-0.39, 0.29) is 5.69 Å². The van der Waals surface area contributed by atoms with Crippen molar-refractivity contribution in [3.8, 4) is 5.75 Å². The highest BCUT2D eigenvalue weighted by atomic mass is 32.2. The largest absolute Gasteiger partial charge is 0.494 e. The maximum Gasteiger partial charge on any atom is 0.255 e. The summed E-state index contributed by atoms with van der Waals surface area (Å²) in [5.41, 5.74) is 2.36. The molecule has 0 aliphatic carbocycles. The van der Waals surface area contributed by atoms with E-state index in [1.54, 1.807) is 30.0 Å². The van der Waals surface area contributed by atoms with Gasteiger partial charge in [0, 0.05) is 27.8 Å².